The first kappa shape index (κ1) is 27.6. The zero-order valence-corrected chi connectivity index (χ0v) is 27.6. The van der Waals surface area contributed by atoms with Crippen LogP contribution in [0, 0.1) is 0 Å². The summed E-state index contributed by atoms with van der Waals surface area (Å²) in [5, 5.41) is 5.47. The van der Waals surface area contributed by atoms with Gasteiger partial charge in [0, 0.05) is 33.5 Å². The minimum absolute atomic E-state index is 1.16. The summed E-state index contributed by atoms with van der Waals surface area (Å²) >= 11 is 0. The van der Waals surface area contributed by atoms with E-state index < -0.39 is 8.07 Å². The van der Waals surface area contributed by atoms with E-state index in [4.69, 9.17) is 0 Å². The number of rotatable bonds is 4. The number of anilines is 3. The van der Waals surface area contributed by atoms with Crippen LogP contribution in [0.1, 0.15) is 0 Å². The Morgan fingerprint density at radius 2 is 1.00 bits per heavy atom. The Kier molecular flexibility index (Phi) is 6.31. The fraction of sp³-hybridized carbons (Fsp3) is 0.0455. The quantitative estimate of drug-likeness (QED) is 0.178. The molecule has 0 radical (unpaired) electrons. The first-order valence-electron chi connectivity index (χ1n) is 16.4. The molecule has 0 saturated carbocycles. The fourth-order valence-corrected chi connectivity index (χ4v) is 10.6. The molecule has 9 rings (SSSR count). The van der Waals surface area contributed by atoms with Crippen LogP contribution < -0.4 is 15.3 Å². The molecule has 1 aliphatic rings. The molecule has 1 aromatic heterocycles. The maximum Gasteiger partial charge on any atom is 0.0753 e. The van der Waals surface area contributed by atoms with Crippen molar-refractivity contribution in [2.45, 2.75) is 13.1 Å². The van der Waals surface area contributed by atoms with Crippen LogP contribution in [0.15, 0.2) is 170 Å². The average Bonchev–Trinajstić information content (AvgIpc) is 3.48. The van der Waals surface area contributed by atoms with Crippen LogP contribution in [0.3, 0.4) is 0 Å². The van der Waals surface area contributed by atoms with Crippen molar-refractivity contribution in [3.05, 3.63) is 170 Å². The standard InChI is InChI=1S/C44H34N2Si/c1-47(2)41-25-15-14-24-40(41)45(35-20-10-5-11-21-35)44-42(47)27-26-38-37-22-12-13-23-39(37)46(43(38)44)36-29-33(31-16-6-3-7-17-31)28-34(30-36)32-18-8-4-9-19-32/h3-30H,1-2H3/q-1. The van der Waals surface area contributed by atoms with Crippen LogP contribution in [-0.4, -0.2) is 12.6 Å². The fourth-order valence-electron chi connectivity index (χ4n) is 7.68. The Labute approximate surface area is 276 Å². The van der Waals surface area contributed by atoms with Crippen LogP contribution in [0.4, 0.5) is 17.1 Å². The van der Waals surface area contributed by atoms with Gasteiger partial charge in [-0.2, -0.15) is 23.5 Å². The molecule has 0 bridgehead atoms. The predicted octanol–water partition coefficient (Wildman–Crippen LogP) is 10.7. The highest BCUT2D eigenvalue weighted by Crippen LogP contribution is 2.46. The van der Waals surface area contributed by atoms with Gasteiger partial charge in [-0.1, -0.05) is 135 Å². The maximum atomic E-state index is 2.54. The number of para-hydroxylation sites is 3. The van der Waals surface area contributed by atoms with Gasteiger partial charge in [0.15, 0.2) is 0 Å². The van der Waals surface area contributed by atoms with E-state index in [1.807, 2.05) is 0 Å². The lowest BCUT2D eigenvalue weighted by atomic mass is 9.98. The van der Waals surface area contributed by atoms with E-state index in [1.54, 1.807) is 0 Å². The van der Waals surface area contributed by atoms with Crippen molar-refractivity contribution in [3.63, 3.8) is 0 Å². The zero-order chi connectivity index (χ0) is 31.5. The molecule has 0 N–H and O–H groups in total. The van der Waals surface area contributed by atoms with Crippen molar-refractivity contribution in [2.75, 3.05) is 4.90 Å². The van der Waals surface area contributed by atoms with Crippen molar-refractivity contribution in [2.24, 2.45) is 0 Å². The maximum absolute atomic E-state index is 2.54. The SMILES string of the molecule is C[Si-]1(C)c2ccccc2N(c2ccccc2)c2c1ccc1c3ccccc3n(-c3cc(-c4ccccc4)cc(-c4ccccc4)c3)c21. The van der Waals surface area contributed by atoms with Crippen LogP contribution in [0.5, 0.6) is 0 Å². The lowest BCUT2D eigenvalue weighted by molar-refractivity contribution is 1.17. The predicted molar refractivity (Wildman–Crippen MR) is 203 cm³/mol. The first-order chi connectivity index (χ1) is 23.1. The minimum Gasteiger partial charge on any atom is -0.314 e. The number of benzene rings is 7. The molecule has 2 heterocycles. The summed E-state index contributed by atoms with van der Waals surface area (Å²) in [5.74, 6) is 0. The Morgan fingerprint density at radius 3 is 1.68 bits per heavy atom. The lowest BCUT2D eigenvalue weighted by Crippen LogP contribution is -2.58. The van der Waals surface area contributed by atoms with Crippen molar-refractivity contribution in [3.8, 4) is 27.9 Å². The highest BCUT2D eigenvalue weighted by molar-refractivity contribution is 7.03. The summed E-state index contributed by atoms with van der Waals surface area (Å²) in [5.41, 5.74) is 12.2. The summed E-state index contributed by atoms with van der Waals surface area (Å²) in [4.78, 5) is 2.53. The second-order valence-electron chi connectivity index (χ2n) is 13.0. The van der Waals surface area contributed by atoms with E-state index in [1.165, 1.54) is 71.5 Å². The number of hydrogen-bond acceptors (Lipinski definition) is 1. The molecule has 1 aliphatic heterocycles. The molecule has 0 amide bonds. The second-order valence-corrected chi connectivity index (χ2v) is 17.4. The van der Waals surface area contributed by atoms with Crippen LogP contribution in [-0.2, 0) is 0 Å². The van der Waals surface area contributed by atoms with E-state index in [-0.39, 0.29) is 0 Å². The first-order valence-corrected chi connectivity index (χ1v) is 19.4. The Hall–Kier alpha value is -5.64. The number of aromatic nitrogens is 1. The molecule has 0 aliphatic carbocycles. The average molecular weight is 619 g/mol. The van der Waals surface area contributed by atoms with E-state index in [2.05, 4.69) is 192 Å². The van der Waals surface area contributed by atoms with Crippen molar-refractivity contribution < 1.29 is 0 Å². The van der Waals surface area contributed by atoms with Crippen molar-refractivity contribution in [1.29, 1.82) is 0 Å². The van der Waals surface area contributed by atoms with Gasteiger partial charge in [0.2, 0.25) is 0 Å². The molecule has 0 unspecified atom stereocenters. The largest absolute Gasteiger partial charge is 0.314 e. The lowest BCUT2D eigenvalue weighted by Gasteiger charge is -2.49. The molecule has 0 fully saturated rings. The number of fused-ring (bicyclic) bond motifs is 6. The van der Waals surface area contributed by atoms with E-state index >= 15 is 0 Å². The zero-order valence-electron chi connectivity index (χ0n) is 26.6. The minimum atomic E-state index is -2.08. The third kappa shape index (κ3) is 4.31. The van der Waals surface area contributed by atoms with Gasteiger partial charge >= 0.3 is 0 Å². The summed E-state index contributed by atoms with van der Waals surface area (Å²) in [7, 11) is -2.08. The summed E-state index contributed by atoms with van der Waals surface area (Å²) in [6.45, 7) is 5.02. The molecule has 7 aromatic carbocycles. The molecular formula is C44H34N2Si-. The number of nitrogens with zero attached hydrogens (tertiary/aromatic N) is 2. The van der Waals surface area contributed by atoms with E-state index in [0.29, 0.717) is 0 Å². The third-order valence-electron chi connectivity index (χ3n) is 9.93. The second kappa shape index (κ2) is 10.7. The summed E-state index contributed by atoms with van der Waals surface area (Å²) < 4.78 is 2.54. The molecule has 0 atom stereocenters. The Balaban J connectivity index is 1.44. The molecule has 47 heavy (non-hydrogen) atoms. The molecule has 225 valence electrons. The topological polar surface area (TPSA) is 8.17 Å². The van der Waals surface area contributed by atoms with Gasteiger partial charge in [0.1, 0.15) is 0 Å². The molecule has 0 spiro atoms. The third-order valence-corrected chi connectivity index (χ3v) is 13.4. The number of hydrogen-bond donors (Lipinski definition) is 0. The Morgan fingerprint density at radius 1 is 0.426 bits per heavy atom. The highest BCUT2D eigenvalue weighted by atomic mass is 28.3. The van der Waals surface area contributed by atoms with Gasteiger partial charge in [0.25, 0.3) is 0 Å². The van der Waals surface area contributed by atoms with Crippen LogP contribution in [0.25, 0.3) is 49.7 Å². The van der Waals surface area contributed by atoms with Crippen LogP contribution in [0.2, 0.25) is 13.1 Å². The van der Waals surface area contributed by atoms with E-state index in [0.717, 1.165) is 5.69 Å². The van der Waals surface area contributed by atoms with Crippen molar-refractivity contribution >= 4 is 57.3 Å². The molecule has 0 saturated heterocycles. The van der Waals surface area contributed by atoms with Gasteiger partial charge in [-0.3, -0.25) is 0 Å². The van der Waals surface area contributed by atoms with Gasteiger partial charge < -0.3 is 9.47 Å². The smallest absolute Gasteiger partial charge is 0.0753 e. The molecular weight excluding hydrogens is 585 g/mol. The van der Waals surface area contributed by atoms with Gasteiger partial charge in [-0.25, -0.2) is 0 Å². The van der Waals surface area contributed by atoms with Gasteiger partial charge in [-0.05, 0) is 64.7 Å². The summed E-state index contributed by atoms with van der Waals surface area (Å²) in [6, 6.07) is 62.3. The Bertz CT molecular complexity index is 2370. The molecule has 2 nitrogen and oxygen atoms in total. The normalized spacial score (nSPS) is 13.4. The summed E-state index contributed by atoms with van der Waals surface area (Å²) in [6.07, 6.45) is 0. The molecule has 3 heteroatoms. The monoisotopic (exact) mass is 618 g/mol. The van der Waals surface area contributed by atoms with E-state index in [9.17, 15) is 0 Å². The van der Waals surface area contributed by atoms with Gasteiger partial charge in [-0.15, -0.1) is 0 Å². The van der Waals surface area contributed by atoms with Gasteiger partial charge in [0.05, 0.1) is 11.0 Å². The van der Waals surface area contributed by atoms with Crippen molar-refractivity contribution in [1.82, 2.24) is 4.57 Å². The molecule has 8 aromatic rings. The highest BCUT2D eigenvalue weighted by Gasteiger charge is 2.32. The van der Waals surface area contributed by atoms with Crippen LogP contribution >= 0.6 is 0 Å².